The molecular weight excluding hydrogens is 182 g/mol. The first-order valence-electron chi connectivity index (χ1n) is 4.53. The van der Waals surface area contributed by atoms with Crippen molar-refractivity contribution in [3.05, 3.63) is 24.5 Å². The van der Waals surface area contributed by atoms with Gasteiger partial charge in [-0.25, -0.2) is 0 Å². The van der Waals surface area contributed by atoms with Crippen LogP contribution in [0.2, 0.25) is 0 Å². The third-order valence-corrected chi connectivity index (χ3v) is 1.56. The summed E-state index contributed by atoms with van der Waals surface area (Å²) in [6, 6.07) is 3.70. The Morgan fingerprint density at radius 1 is 1.21 bits per heavy atom. The smallest absolute Gasteiger partial charge is 0.137 e. The monoisotopic (exact) mass is 197 g/mol. The number of hydrogen-bond donors (Lipinski definition) is 0. The van der Waals surface area contributed by atoms with Crippen molar-refractivity contribution in [2.75, 3.05) is 33.5 Å². The molecule has 1 rings (SSSR count). The van der Waals surface area contributed by atoms with Crippen molar-refractivity contribution in [1.29, 1.82) is 0 Å². The van der Waals surface area contributed by atoms with Crippen LogP contribution in [-0.2, 0) is 9.47 Å². The molecule has 4 heteroatoms. The minimum Gasteiger partial charge on any atom is -0.490 e. The van der Waals surface area contributed by atoms with Gasteiger partial charge in [-0.15, -0.1) is 0 Å². The second kappa shape index (κ2) is 7.29. The number of hydrogen-bond acceptors (Lipinski definition) is 4. The highest BCUT2D eigenvalue weighted by atomic mass is 16.5. The van der Waals surface area contributed by atoms with Crippen molar-refractivity contribution in [1.82, 2.24) is 4.98 Å². The fraction of sp³-hybridized carbons (Fsp3) is 0.500. The van der Waals surface area contributed by atoms with Crippen LogP contribution in [0.3, 0.4) is 0 Å². The van der Waals surface area contributed by atoms with Crippen molar-refractivity contribution < 1.29 is 14.2 Å². The standard InChI is InChI=1S/C10H15NO3/c1-12-5-6-13-7-8-14-10-3-2-4-11-9-10/h2-4,9H,5-8H2,1H3. The fourth-order valence-electron chi connectivity index (χ4n) is 0.895. The van der Waals surface area contributed by atoms with Crippen LogP contribution in [0.15, 0.2) is 24.5 Å². The summed E-state index contributed by atoms with van der Waals surface area (Å²) in [6.07, 6.45) is 3.39. The number of rotatable bonds is 7. The summed E-state index contributed by atoms with van der Waals surface area (Å²) >= 11 is 0. The van der Waals surface area contributed by atoms with Crippen LogP contribution in [0, 0.1) is 0 Å². The topological polar surface area (TPSA) is 40.6 Å². The van der Waals surface area contributed by atoms with Gasteiger partial charge in [0.2, 0.25) is 0 Å². The molecule has 1 aromatic heterocycles. The molecule has 0 bridgehead atoms. The lowest BCUT2D eigenvalue weighted by Crippen LogP contribution is -2.09. The second-order valence-electron chi connectivity index (χ2n) is 2.64. The minimum absolute atomic E-state index is 0.537. The predicted molar refractivity (Wildman–Crippen MR) is 52.4 cm³/mol. The molecule has 0 unspecified atom stereocenters. The molecular formula is C10H15NO3. The van der Waals surface area contributed by atoms with E-state index in [0.29, 0.717) is 26.4 Å². The molecule has 0 fully saturated rings. The van der Waals surface area contributed by atoms with Gasteiger partial charge in [0.15, 0.2) is 0 Å². The fourth-order valence-corrected chi connectivity index (χ4v) is 0.895. The van der Waals surface area contributed by atoms with Crippen molar-refractivity contribution in [2.24, 2.45) is 0 Å². The van der Waals surface area contributed by atoms with Crippen LogP contribution in [0.25, 0.3) is 0 Å². The Balaban J connectivity index is 1.99. The van der Waals surface area contributed by atoms with Crippen LogP contribution in [-0.4, -0.2) is 38.5 Å². The van der Waals surface area contributed by atoms with E-state index in [0.717, 1.165) is 5.75 Å². The van der Waals surface area contributed by atoms with E-state index < -0.39 is 0 Å². The predicted octanol–water partition coefficient (Wildman–Crippen LogP) is 1.12. The lowest BCUT2D eigenvalue weighted by atomic mass is 10.5. The first-order chi connectivity index (χ1) is 6.93. The Bertz CT molecular complexity index is 228. The van der Waals surface area contributed by atoms with Gasteiger partial charge in [0.05, 0.1) is 26.0 Å². The Hall–Kier alpha value is -1.13. The molecule has 0 saturated heterocycles. The van der Waals surface area contributed by atoms with E-state index in [2.05, 4.69) is 4.98 Å². The Morgan fingerprint density at radius 2 is 2.07 bits per heavy atom. The summed E-state index contributed by atoms with van der Waals surface area (Å²) in [7, 11) is 1.65. The lowest BCUT2D eigenvalue weighted by Gasteiger charge is -2.05. The maximum Gasteiger partial charge on any atom is 0.137 e. The molecule has 0 atom stereocenters. The summed E-state index contributed by atoms with van der Waals surface area (Å²) in [6.45, 7) is 2.33. The van der Waals surface area contributed by atoms with Gasteiger partial charge < -0.3 is 14.2 Å². The molecule has 1 heterocycles. The van der Waals surface area contributed by atoms with Gasteiger partial charge in [0.25, 0.3) is 0 Å². The van der Waals surface area contributed by atoms with Crippen LogP contribution in [0.1, 0.15) is 0 Å². The molecule has 0 amide bonds. The number of aromatic nitrogens is 1. The van der Waals surface area contributed by atoms with Crippen molar-refractivity contribution in [2.45, 2.75) is 0 Å². The van der Waals surface area contributed by atoms with Crippen molar-refractivity contribution in [3.63, 3.8) is 0 Å². The zero-order valence-corrected chi connectivity index (χ0v) is 8.31. The number of nitrogens with zero attached hydrogens (tertiary/aromatic N) is 1. The minimum atomic E-state index is 0.537. The lowest BCUT2D eigenvalue weighted by molar-refractivity contribution is 0.0544. The maximum atomic E-state index is 5.36. The highest BCUT2D eigenvalue weighted by Gasteiger charge is 1.92. The molecule has 0 aliphatic rings. The normalized spacial score (nSPS) is 10.1. The van der Waals surface area contributed by atoms with Gasteiger partial charge in [0, 0.05) is 13.3 Å². The van der Waals surface area contributed by atoms with Crippen molar-refractivity contribution >= 4 is 0 Å². The third-order valence-electron chi connectivity index (χ3n) is 1.56. The first kappa shape index (κ1) is 10.9. The van der Waals surface area contributed by atoms with E-state index in [-0.39, 0.29) is 0 Å². The van der Waals surface area contributed by atoms with E-state index in [4.69, 9.17) is 14.2 Å². The average Bonchev–Trinajstić information content (AvgIpc) is 2.25. The largest absolute Gasteiger partial charge is 0.490 e. The average molecular weight is 197 g/mol. The first-order valence-corrected chi connectivity index (χ1v) is 4.53. The van der Waals surface area contributed by atoms with Crippen LogP contribution >= 0.6 is 0 Å². The molecule has 0 aliphatic heterocycles. The summed E-state index contributed by atoms with van der Waals surface area (Å²) in [5.41, 5.74) is 0. The highest BCUT2D eigenvalue weighted by molar-refractivity contribution is 5.15. The van der Waals surface area contributed by atoms with Gasteiger partial charge >= 0.3 is 0 Å². The Labute approximate surface area is 83.8 Å². The van der Waals surface area contributed by atoms with E-state index in [1.807, 2.05) is 12.1 Å². The van der Waals surface area contributed by atoms with Crippen LogP contribution in [0.4, 0.5) is 0 Å². The number of methoxy groups -OCH3 is 1. The van der Waals surface area contributed by atoms with E-state index in [1.165, 1.54) is 0 Å². The van der Waals surface area contributed by atoms with Crippen molar-refractivity contribution in [3.8, 4) is 5.75 Å². The molecule has 1 aromatic rings. The molecule has 0 spiro atoms. The summed E-state index contributed by atoms with van der Waals surface area (Å²) in [4.78, 5) is 3.93. The third kappa shape index (κ3) is 4.79. The van der Waals surface area contributed by atoms with Gasteiger partial charge in [0.1, 0.15) is 12.4 Å². The zero-order valence-electron chi connectivity index (χ0n) is 8.31. The van der Waals surface area contributed by atoms with Gasteiger partial charge in [-0.05, 0) is 12.1 Å². The molecule has 78 valence electrons. The molecule has 0 saturated carbocycles. The molecule has 0 N–H and O–H groups in total. The summed E-state index contributed by atoms with van der Waals surface area (Å²) in [5, 5.41) is 0. The molecule has 0 aromatic carbocycles. The zero-order chi connectivity index (χ0) is 10.1. The van der Waals surface area contributed by atoms with Gasteiger partial charge in [-0.1, -0.05) is 0 Å². The Kier molecular flexibility index (Phi) is 5.70. The molecule has 0 aliphatic carbocycles. The SMILES string of the molecule is COCCOCCOc1cccnc1. The quantitative estimate of drug-likeness (QED) is 0.614. The van der Waals surface area contributed by atoms with Crippen LogP contribution < -0.4 is 4.74 Å². The number of pyridine rings is 1. The Morgan fingerprint density at radius 3 is 2.79 bits per heavy atom. The van der Waals surface area contributed by atoms with Gasteiger partial charge in [-0.3, -0.25) is 4.98 Å². The van der Waals surface area contributed by atoms with E-state index >= 15 is 0 Å². The molecule has 0 radical (unpaired) electrons. The van der Waals surface area contributed by atoms with E-state index in [9.17, 15) is 0 Å². The molecule has 4 nitrogen and oxygen atoms in total. The second-order valence-corrected chi connectivity index (χ2v) is 2.64. The van der Waals surface area contributed by atoms with Gasteiger partial charge in [-0.2, -0.15) is 0 Å². The molecule has 14 heavy (non-hydrogen) atoms. The van der Waals surface area contributed by atoms with E-state index in [1.54, 1.807) is 19.5 Å². The summed E-state index contributed by atoms with van der Waals surface area (Å²) < 4.78 is 15.4. The summed E-state index contributed by atoms with van der Waals surface area (Å²) in [5.74, 6) is 0.767. The number of ether oxygens (including phenoxy) is 3. The highest BCUT2D eigenvalue weighted by Crippen LogP contribution is 2.05. The maximum absolute atomic E-state index is 5.36. The van der Waals surface area contributed by atoms with Crippen LogP contribution in [0.5, 0.6) is 5.75 Å².